The topological polar surface area (TPSA) is 52.5 Å². The monoisotopic (exact) mass is 545 g/mol. The Kier molecular flexibility index (Phi) is 4.48. The zero-order valence-corrected chi connectivity index (χ0v) is 23.9. The number of aromatic nitrogens is 1. The van der Waals surface area contributed by atoms with Crippen molar-refractivity contribution in [3.63, 3.8) is 0 Å². The fraction of sp³-hybridized carbons (Fsp3) is 0.243. The van der Waals surface area contributed by atoms with Crippen LogP contribution in [0.4, 0.5) is 0 Å². The molecule has 3 nitrogen and oxygen atoms in total. The van der Waals surface area contributed by atoms with Crippen LogP contribution in [0.15, 0.2) is 66.7 Å². The lowest BCUT2D eigenvalue weighted by molar-refractivity contribution is 0.512. The van der Waals surface area contributed by atoms with Gasteiger partial charge in [-0.2, -0.15) is 10.5 Å². The molecule has 6 aromatic rings. The maximum absolute atomic E-state index is 9.96. The first-order valence-corrected chi connectivity index (χ1v) is 15.5. The molecule has 2 unspecified atom stereocenters. The summed E-state index contributed by atoms with van der Waals surface area (Å²) < 4.78 is 2.61. The van der Waals surface area contributed by atoms with Gasteiger partial charge >= 0.3 is 0 Å². The third-order valence-electron chi connectivity index (χ3n) is 10.6. The number of nitriles is 2. The highest BCUT2D eigenvalue weighted by Crippen LogP contribution is 2.63. The molecule has 2 atom stereocenters. The van der Waals surface area contributed by atoms with Crippen LogP contribution in [-0.2, 0) is 5.41 Å². The molecule has 1 aliphatic heterocycles. The van der Waals surface area contributed by atoms with E-state index in [-0.39, 0.29) is 11.3 Å². The van der Waals surface area contributed by atoms with E-state index in [0.29, 0.717) is 17.0 Å². The van der Waals surface area contributed by atoms with E-state index in [1.807, 2.05) is 23.5 Å². The predicted molar refractivity (Wildman–Crippen MR) is 167 cm³/mol. The normalized spacial score (nSPS) is 19.7. The Morgan fingerprint density at radius 1 is 0.805 bits per heavy atom. The van der Waals surface area contributed by atoms with E-state index in [4.69, 9.17) is 0 Å². The Balaban J connectivity index is 1.50. The molecule has 1 fully saturated rings. The summed E-state index contributed by atoms with van der Waals surface area (Å²) in [6.07, 6.45) is 4.84. The molecule has 3 aliphatic rings. The van der Waals surface area contributed by atoms with Crippen LogP contribution in [-0.4, -0.2) is 4.57 Å². The third-order valence-corrected chi connectivity index (χ3v) is 11.9. The van der Waals surface area contributed by atoms with Crippen LogP contribution in [0, 0.1) is 22.7 Å². The fourth-order valence-corrected chi connectivity index (χ4v) is 10.2. The molecule has 0 bridgehead atoms. The molecule has 2 aromatic heterocycles. The first-order valence-electron chi connectivity index (χ1n) is 14.7. The number of benzene rings is 4. The van der Waals surface area contributed by atoms with E-state index in [2.05, 4.69) is 85.2 Å². The first-order chi connectivity index (χ1) is 20.1. The van der Waals surface area contributed by atoms with Crippen LogP contribution in [0.2, 0.25) is 0 Å². The molecule has 4 aromatic carbocycles. The second kappa shape index (κ2) is 7.88. The lowest BCUT2D eigenvalue weighted by Crippen LogP contribution is -2.31. The molecule has 41 heavy (non-hydrogen) atoms. The van der Waals surface area contributed by atoms with Crippen molar-refractivity contribution in [1.82, 2.24) is 4.57 Å². The minimum absolute atomic E-state index is 0.00917. The van der Waals surface area contributed by atoms with Gasteiger partial charge in [0, 0.05) is 32.0 Å². The van der Waals surface area contributed by atoms with E-state index < -0.39 is 0 Å². The second-order valence-corrected chi connectivity index (χ2v) is 13.3. The number of fused-ring (bicyclic) bond motifs is 13. The SMILES string of the molecule is CC1c2cc(C#N)c(C#N)cc2-c2sc3c(c2C1C)C1(CCCC1)c1cccc2c4ccc5ccccc5c4n-3c12. The minimum Gasteiger partial charge on any atom is -0.299 e. The lowest BCUT2D eigenvalue weighted by atomic mass is 9.65. The molecule has 1 spiro atoms. The molecule has 0 saturated heterocycles. The van der Waals surface area contributed by atoms with E-state index in [1.54, 1.807) is 0 Å². The molecule has 0 radical (unpaired) electrons. The summed E-state index contributed by atoms with van der Waals surface area (Å²) >= 11 is 1.92. The first kappa shape index (κ1) is 23.3. The van der Waals surface area contributed by atoms with E-state index in [9.17, 15) is 10.5 Å². The predicted octanol–water partition coefficient (Wildman–Crippen LogP) is 9.80. The summed E-state index contributed by atoms with van der Waals surface area (Å²) in [6, 6.07) is 29.0. The highest BCUT2D eigenvalue weighted by Gasteiger charge is 2.49. The van der Waals surface area contributed by atoms with Crippen LogP contribution in [0.3, 0.4) is 0 Å². The van der Waals surface area contributed by atoms with Gasteiger partial charge in [-0.1, -0.05) is 81.3 Å². The van der Waals surface area contributed by atoms with Crippen molar-refractivity contribution in [2.75, 3.05) is 0 Å². The Bertz CT molecular complexity index is 2230. The minimum atomic E-state index is 0.00917. The Hall–Kier alpha value is -4.38. The summed E-state index contributed by atoms with van der Waals surface area (Å²) in [4.78, 5) is 1.30. The molecule has 9 rings (SSSR count). The van der Waals surface area contributed by atoms with Crippen LogP contribution in [0.25, 0.3) is 48.0 Å². The van der Waals surface area contributed by atoms with E-state index >= 15 is 0 Å². The highest BCUT2D eigenvalue weighted by atomic mass is 32.1. The lowest BCUT2D eigenvalue weighted by Gasteiger charge is -2.39. The maximum Gasteiger partial charge on any atom is 0.105 e. The molecule has 0 N–H and O–H groups in total. The molecule has 0 amide bonds. The Labute approximate surface area is 242 Å². The number of thiophene rings is 1. The van der Waals surface area contributed by atoms with Crippen molar-refractivity contribution in [2.45, 2.75) is 56.8 Å². The molecule has 1 saturated carbocycles. The van der Waals surface area contributed by atoms with Crippen molar-refractivity contribution in [2.24, 2.45) is 0 Å². The molecule has 196 valence electrons. The van der Waals surface area contributed by atoms with Gasteiger partial charge in [0.2, 0.25) is 0 Å². The van der Waals surface area contributed by atoms with Crippen molar-refractivity contribution < 1.29 is 0 Å². The highest BCUT2D eigenvalue weighted by molar-refractivity contribution is 7.18. The van der Waals surface area contributed by atoms with Crippen molar-refractivity contribution >= 4 is 43.9 Å². The summed E-state index contributed by atoms with van der Waals surface area (Å²) in [5, 5.41) is 26.4. The summed E-state index contributed by atoms with van der Waals surface area (Å²) in [7, 11) is 0. The fourth-order valence-electron chi connectivity index (χ4n) is 8.63. The van der Waals surface area contributed by atoms with Crippen LogP contribution in [0.5, 0.6) is 0 Å². The average molecular weight is 546 g/mol. The second-order valence-electron chi connectivity index (χ2n) is 12.3. The van der Waals surface area contributed by atoms with Gasteiger partial charge in [-0.3, -0.25) is 4.57 Å². The average Bonchev–Trinajstić information content (AvgIpc) is 3.73. The molecule has 2 aliphatic carbocycles. The van der Waals surface area contributed by atoms with Gasteiger partial charge in [0.1, 0.15) is 17.1 Å². The van der Waals surface area contributed by atoms with Gasteiger partial charge in [0.15, 0.2) is 0 Å². The van der Waals surface area contributed by atoms with E-state index in [0.717, 1.165) is 5.56 Å². The molecular formula is C37H27N3S. The van der Waals surface area contributed by atoms with Crippen molar-refractivity contribution in [1.29, 1.82) is 10.5 Å². The number of para-hydroxylation sites is 1. The summed E-state index contributed by atoms with van der Waals surface area (Å²) in [5.41, 5.74) is 10.5. The zero-order valence-electron chi connectivity index (χ0n) is 23.1. The van der Waals surface area contributed by atoms with Gasteiger partial charge in [0.05, 0.1) is 22.2 Å². The van der Waals surface area contributed by atoms with E-state index in [1.165, 1.54) is 90.4 Å². The number of hydrogen-bond donors (Lipinski definition) is 0. The smallest absolute Gasteiger partial charge is 0.105 e. The van der Waals surface area contributed by atoms with Crippen LogP contribution < -0.4 is 0 Å². The van der Waals surface area contributed by atoms with Crippen molar-refractivity contribution in [3.05, 3.63) is 100 Å². The maximum atomic E-state index is 9.96. The molecule has 3 heterocycles. The zero-order chi connectivity index (χ0) is 27.6. The number of rotatable bonds is 0. The third kappa shape index (κ3) is 2.68. The van der Waals surface area contributed by atoms with Crippen LogP contribution in [0.1, 0.15) is 84.7 Å². The largest absolute Gasteiger partial charge is 0.299 e. The number of nitrogens with zero attached hydrogens (tertiary/aromatic N) is 3. The van der Waals surface area contributed by atoms with Crippen molar-refractivity contribution in [3.8, 4) is 27.6 Å². The summed E-state index contributed by atoms with van der Waals surface area (Å²) in [5.74, 6) is 0.572. The van der Waals surface area contributed by atoms with Gasteiger partial charge in [-0.05, 0) is 64.5 Å². The van der Waals surface area contributed by atoms with Gasteiger partial charge in [0.25, 0.3) is 0 Å². The number of hydrogen-bond acceptors (Lipinski definition) is 3. The summed E-state index contributed by atoms with van der Waals surface area (Å²) in [6.45, 7) is 4.68. The molecule has 4 heteroatoms. The van der Waals surface area contributed by atoms with Gasteiger partial charge < -0.3 is 0 Å². The quantitative estimate of drug-likeness (QED) is 0.191. The Morgan fingerprint density at radius 3 is 2.34 bits per heavy atom. The van der Waals surface area contributed by atoms with Gasteiger partial charge in [-0.25, -0.2) is 0 Å². The standard InChI is InChI=1S/C37H27N3S/c1-20-21(2)31-32-36(41-35(31)29-17-24(19-39)23(18-38)16-28(20)29)40-33-25-9-4-3-8-22(25)12-13-27(33)26-10-7-11-30(34(26)40)37(32)14-5-6-15-37/h3-4,7-13,16-17,20-21H,5-6,14-15H2,1-2H3. The Morgan fingerprint density at radius 2 is 1.54 bits per heavy atom. The van der Waals surface area contributed by atoms with Gasteiger partial charge in [-0.15, -0.1) is 11.3 Å². The molecular weight excluding hydrogens is 518 g/mol. The van der Waals surface area contributed by atoms with Crippen LogP contribution >= 0.6 is 11.3 Å².